The lowest BCUT2D eigenvalue weighted by atomic mass is 10.1. The number of aromatic nitrogens is 2. The van der Waals surface area contributed by atoms with Gasteiger partial charge in [-0.1, -0.05) is 18.2 Å². The highest BCUT2D eigenvalue weighted by Gasteiger charge is 2.24. The maximum absolute atomic E-state index is 12.2. The highest BCUT2D eigenvalue weighted by Crippen LogP contribution is 2.16. The molecule has 0 unspecified atom stereocenters. The largest absolute Gasteiger partial charge is 0.473 e. The molecule has 0 radical (unpaired) electrons. The number of nitrogens with zero attached hydrogens (tertiary/aromatic N) is 3. The van der Waals surface area contributed by atoms with Gasteiger partial charge in [0.25, 0.3) is 5.91 Å². The summed E-state index contributed by atoms with van der Waals surface area (Å²) < 4.78 is 5.76. The molecule has 1 fully saturated rings. The first-order chi connectivity index (χ1) is 12.2. The average molecular weight is 340 g/mol. The molecule has 130 valence electrons. The summed E-state index contributed by atoms with van der Waals surface area (Å²) >= 11 is 0. The molecular formula is C18H20N4O3. The van der Waals surface area contributed by atoms with Crippen LogP contribution < -0.4 is 10.1 Å². The Morgan fingerprint density at radius 3 is 2.60 bits per heavy atom. The Bertz CT molecular complexity index is 701. The molecule has 0 aliphatic carbocycles. The third-order valence-corrected chi connectivity index (χ3v) is 4.06. The number of ether oxygens (including phenoxy) is 1. The zero-order valence-corrected chi connectivity index (χ0v) is 13.8. The molecule has 1 aliphatic rings. The van der Waals surface area contributed by atoms with Crippen LogP contribution in [0.25, 0.3) is 0 Å². The Morgan fingerprint density at radius 2 is 1.92 bits per heavy atom. The van der Waals surface area contributed by atoms with Crippen molar-refractivity contribution in [2.45, 2.75) is 18.9 Å². The van der Waals surface area contributed by atoms with E-state index in [0.29, 0.717) is 24.5 Å². The van der Waals surface area contributed by atoms with E-state index in [1.165, 1.54) is 0 Å². The summed E-state index contributed by atoms with van der Waals surface area (Å²) in [5.74, 6) is 0.180. The number of piperidine rings is 1. The second-order valence-corrected chi connectivity index (χ2v) is 5.79. The van der Waals surface area contributed by atoms with Crippen LogP contribution in [0, 0.1) is 0 Å². The van der Waals surface area contributed by atoms with Gasteiger partial charge in [-0.25, -0.2) is 4.98 Å². The summed E-state index contributed by atoms with van der Waals surface area (Å²) in [6.07, 6.45) is 6.25. The van der Waals surface area contributed by atoms with Gasteiger partial charge in [0.1, 0.15) is 6.10 Å². The van der Waals surface area contributed by atoms with E-state index < -0.39 is 0 Å². The maximum Gasteiger partial charge on any atom is 0.251 e. The van der Waals surface area contributed by atoms with Gasteiger partial charge in [0.2, 0.25) is 11.8 Å². The minimum atomic E-state index is -0.241. The SMILES string of the molecule is O=C(NCC(=O)N1CCC(Oc2cnccn2)CC1)c1ccccc1. The molecule has 7 heteroatoms. The first-order valence-electron chi connectivity index (χ1n) is 8.26. The first kappa shape index (κ1) is 16.9. The van der Waals surface area contributed by atoms with Crippen LogP contribution in [-0.4, -0.2) is 52.4 Å². The van der Waals surface area contributed by atoms with Crippen LogP contribution in [0.4, 0.5) is 0 Å². The molecule has 1 saturated heterocycles. The fourth-order valence-corrected chi connectivity index (χ4v) is 2.70. The summed E-state index contributed by atoms with van der Waals surface area (Å²) in [6.45, 7) is 1.21. The number of rotatable bonds is 5. The number of benzene rings is 1. The Kier molecular flexibility index (Phi) is 5.56. The summed E-state index contributed by atoms with van der Waals surface area (Å²) in [5.41, 5.74) is 0.548. The molecule has 1 aromatic carbocycles. The van der Waals surface area contributed by atoms with Gasteiger partial charge in [0.15, 0.2) is 0 Å². The minimum absolute atomic E-state index is 0.00339. The maximum atomic E-state index is 12.2. The second kappa shape index (κ2) is 8.23. The third-order valence-electron chi connectivity index (χ3n) is 4.06. The molecule has 0 bridgehead atoms. The van der Waals surface area contributed by atoms with Crippen LogP contribution >= 0.6 is 0 Å². The average Bonchev–Trinajstić information content (AvgIpc) is 2.68. The van der Waals surface area contributed by atoms with Crippen LogP contribution in [0.2, 0.25) is 0 Å². The van der Waals surface area contributed by atoms with Crippen molar-refractivity contribution >= 4 is 11.8 Å². The van der Waals surface area contributed by atoms with Crippen molar-refractivity contribution in [1.29, 1.82) is 0 Å². The van der Waals surface area contributed by atoms with E-state index in [9.17, 15) is 9.59 Å². The predicted octanol–water partition coefficient (Wildman–Crippen LogP) is 1.28. The number of likely N-dealkylation sites (tertiary alicyclic amines) is 1. The second-order valence-electron chi connectivity index (χ2n) is 5.79. The fourth-order valence-electron chi connectivity index (χ4n) is 2.70. The van der Waals surface area contributed by atoms with Gasteiger partial charge in [-0.3, -0.25) is 14.6 Å². The van der Waals surface area contributed by atoms with Crippen molar-refractivity contribution in [3.63, 3.8) is 0 Å². The van der Waals surface area contributed by atoms with E-state index >= 15 is 0 Å². The zero-order valence-electron chi connectivity index (χ0n) is 13.8. The van der Waals surface area contributed by atoms with Gasteiger partial charge in [0.05, 0.1) is 12.7 Å². The van der Waals surface area contributed by atoms with Crippen molar-refractivity contribution < 1.29 is 14.3 Å². The first-order valence-corrected chi connectivity index (χ1v) is 8.26. The Balaban J connectivity index is 1.42. The molecule has 1 aromatic heterocycles. The van der Waals surface area contributed by atoms with E-state index in [0.717, 1.165) is 12.8 Å². The standard InChI is InChI=1S/C18H20N4O3/c23-17(13-21-18(24)14-4-2-1-3-5-14)22-10-6-15(7-11-22)25-16-12-19-8-9-20-16/h1-5,8-9,12,15H,6-7,10-11,13H2,(H,21,24). The number of carbonyl (C=O) groups excluding carboxylic acids is 2. The molecule has 0 atom stereocenters. The lowest BCUT2D eigenvalue weighted by molar-refractivity contribution is -0.131. The fraction of sp³-hybridized carbons (Fsp3) is 0.333. The van der Waals surface area contributed by atoms with E-state index in [1.54, 1.807) is 47.8 Å². The quantitative estimate of drug-likeness (QED) is 0.886. The molecule has 25 heavy (non-hydrogen) atoms. The van der Waals surface area contributed by atoms with Crippen molar-refractivity contribution in [3.05, 3.63) is 54.5 Å². The number of amides is 2. The molecule has 2 amide bonds. The number of hydrogen-bond donors (Lipinski definition) is 1. The van der Waals surface area contributed by atoms with Crippen molar-refractivity contribution in [1.82, 2.24) is 20.2 Å². The van der Waals surface area contributed by atoms with Crippen LogP contribution in [-0.2, 0) is 4.79 Å². The molecular weight excluding hydrogens is 320 g/mol. The Morgan fingerprint density at radius 1 is 1.16 bits per heavy atom. The van der Waals surface area contributed by atoms with Crippen LogP contribution in [0.5, 0.6) is 5.88 Å². The van der Waals surface area contributed by atoms with Crippen LogP contribution in [0.1, 0.15) is 23.2 Å². The topological polar surface area (TPSA) is 84.4 Å². The van der Waals surface area contributed by atoms with E-state index in [1.807, 2.05) is 6.07 Å². The van der Waals surface area contributed by atoms with Crippen molar-refractivity contribution in [2.75, 3.05) is 19.6 Å². The van der Waals surface area contributed by atoms with Gasteiger partial charge in [0, 0.05) is 43.9 Å². The van der Waals surface area contributed by atoms with E-state index in [4.69, 9.17) is 4.74 Å². The third kappa shape index (κ3) is 4.76. The summed E-state index contributed by atoms with van der Waals surface area (Å²) in [4.78, 5) is 34.0. The molecule has 2 heterocycles. The van der Waals surface area contributed by atoms with Crippen molar-refractivity contribution in [3.8, 4) is 5.88 Å². The number of carbonyl (C=O) groups is 2. The summed E-state index contributed by atoms with van der Waals surface area (Å²) in [7, 11) is 0. The summed E-state index contributed by atoms with van der Waals surface area (Å²) in [6, 6.07) is 8.86. The van der Waals surface area contributed by atoms with Gasteiger partial charge in [-0.05, 0) is 12.1 Å². The van der Waals surface area contributed by atoms with Gasteiger partial charge >= 0.3 is 0 Å². The van der Waals surface area contributed by atoms with Gasteiger partial charge < -0.3 is 15.0 Å². The van der Waals surface area contributed by atoms with Gasteiger partial charge in [-0.2, -0.15) is 0 Å². The normalized spacial score (nSPS) is 14.8. The Labute approximate surface area is 146 Å². The zero-order chi connectivity index (χ0) is 17.5. The minimum Gasteiger partial charge on any atom is -0.473 e. The van der Waals surface area contributed by atoms with E-state index in [2.05, 4.69) is 15.3 Å². The van der Waals surface area contributed by atoms with Gasteiger partial charge in [-0.15, -0.1) is 0 Å². The smallest absolute Gasteiger partial charge is 0.251 e. The van der Waals surface area contributed by atoms with Crippen LogP contribution in [0.15, 0.2) is 48.9 Å². The highest BCUT2D eigenvalue weighted by atomic mass is 16.5. The Hall–Kier alpha value is -2.96. The molecule has 0 spiro atoms. The molecule has 3 rings (SSSR count). The lowest BCUT2D eigenvalue weighted by Crippen LogP contribution is -2.46. The predicted molar refractivity (Wildman–Crippen MR) is 91.0 cm³/mol. The number of nitrogens with one attached hydrogen (secondary N) is 1. The molecule has 1 N–H and O–H groups in total. The van der Waals surface area contributed by atoms with Crippen molar-refractivity contribution in [2.24, 2.45) is 0 Å². The molecule has 1 aliphatic heterocycles. The van der Waals surface area contributed by atoms with E-state index in [-0.39, 0.29) is 24.5 Å². The number of hydrogen-bond acceptors (Lipinski definition) is 5. The molecule has 7 nitrogen and oxygen atoms in total. The lowest BCUT2D eigenvalue weighted by Gasteiger charge is -2.31. The molecule has 2 aromatic rings. The summed E-state index contributed by atoms with van der Waals surface area (Å²) in [5, 5.41) is 2.67. The monoisotopic (exact) mass is 340 g/mol. The highest BCUT2D eigenvalue weighted by molar-refractivity contribution is 5.96. The van der Waals surface area contributed by atoms with Crippen LogP contribution in [0.3, 0.4) is 0 Å². The molecule has 0 saturated carbocycles.